The fourth-order valence-corrected chi connectivity index (χ4v) is 5.62. The molecule has 0 aliphatic rings. The van der Waals surface area contributed by atoms with E-state index in [0.717, 1.165) is 33.4 Å². The summed E-state index contributed by atoms with van der Waals surface area (Å²) < 4.78 is 0. The third-order valence-corrected chi connectivity index (χ3v) is 7.94. The first-order valence-electron chi connectivity index (χ1n) is 15.6. The van der Waals surface area contributed by atoms with Crippen LogP contribution in [0.5, 0.6) is 11.5 Å². The molecule has 6 aromatic rings. The van der Waals surface area contributed by atoms with Crippen LogP contribution in [0.15, 0.2) is 146 Å². The molecule has 242 valence electrons. The van der Waals surface area contributed by atoms with Crippen molar-refractivity contribution in [3.63, 3.8) is 0 Å². The molecular formula is C42H36O6Zn. The number of carbonyl (C=O) groups is 2. The van der Waals surface area contributed by atoms with E-state index in [2.05, 4.69) is 0 Å². The van der Waals surface area contributed by atoms with Gasteiger partial charge in [-0.3, -0.25) is 0 Å². The molecule has 0 aromatic heterocycles. The molecule has 0 saturated heterocycles. The molecule has 0 aliphatic heterocycles. The van der Waals surface area contributed by atoms with Crippen LogP contribution in [0, 0.1) is 0 Å². The molecule has 0 saturated carbocycles. The topological polar surface area (TPSA) is 115 Å². The molecule has 0 amide bonds. The molecule has 6 aromatic carbocycles. The first-order valence-corrected chi connectivity index (χ1v) is 15.6. The van der Waals surface area contributed by atoms with Gasteiger partial charge in [0.15, 0.2) is 0 Å². The van der Waals surface area contributed by atoms with Crippen molar-refractivity contribution < 1.29 is 49.5 Å². The maximum atomic E-state index is 11.5. The van der Waals surface area contributed by atoms with Crippen LogP contribution in [0.2, 0.25) is 0 Å². The predicted molar refractivity (Wildman–Crippen MR) is 187 cm³/mol. The zero-order valence-corrected chi connectivity index (χ0v) is 30.0. The third-order valence-electron chi connectivity index (χ3n) is 7.94. The van der Waals surface area contributed by atoms with Crippen molar-refractivity contribution in [3.05, 3.63) is 201 Å². The molecular weight excluding hydrogens is 666 g/mol. The second kappa shape index (κ2) is 17.6. The van der Waals surface area contributed by atoms with Crippen molar-refractivity contribution >= 4 is 11.9 Å². The zero-order chi connectivity index (χ0) is 33.9. The van der Waals surface area contributed by atoms with E-state index in [0.29, 0.717) is 36.8 Å². The Morgan fingerprint density at radius 3 is 0.918 bits per heavy atom. The number of aromatic hydroxyl groups is 2. The van der Waals surface area contributed by atoms with E-state index in [1.165, 1.54) is 0 Å². The van der Waals surface area contributed by atoms with Gasteiger partial charge in [0.25, 0.3) is 0 Å². The second-order valence-corrected chi connectivity index (χ2v) is 11.6. The van der Waals surface area contributed by atoms with Gasteiger partial charge < -0.3 is 20.4 Å². The molecule has 0 unspecified atom stereocenters. The van der Waals surface area contributed by atoms with Gasteiger partial charge in [0.1, 0.15) is 22.6 Å². The van der Waals surface area contributed by atoms with E-state index in [1.807, 2.05) is 133 Å². The van der Waals surface area contributed by atoms with Gasteiger partial charge in [-0.1, -0.05) is 133 Å². The van der Waals surface area contributed by atoms with Gasteiger partial charge in [0.2, 0.25) is 0 Å². The number of benzene rings is 6. The van der Waals surface area contributed by atoms with E-state index >= 15 is 0 Å². The van der Waals surface area contributed by atoms with Crippen molar-refractivity contribution in [2.45, 2.75) is 25.7 Å². The van der Waals surface area contributed by atoms with Crippen molar-refractivity contribution in [1.29, 1.82) is 0 Å². The minimum Gasteiger partial charge on any atom is -0.507 e. The second-order valence-electron chi connectivity index (χ2n) is 11.6. The van der Waals surface area contributed by atoms with E-state index < -0.39 is 11.9 Å². The Morgan fingerprint density at radius 1 is 0.388 bits per heavy atom. The summed E-state index contributed by atoms with van der Waals surface area (Å²) in [6.45, 7) is 0. The van der Waals surface area contributed by atoms with Crippen LogP contribution in [-0.4, -0.2) is 32.4 Å². The maximum Gasteiger partial charge on any atom is 0.339 e. The third kappa shape index (κ3) is 10.2. The quantitative estimate of drug-likeness (QED) is 0.107. The number of aromatic carboxylic acids is 2. The molecule has 0 bridgehead atoms. The van der Waals surface area contributed by atoms with Gasteiger partial charge in [-0.05, 0) is 69.5 Å². The standard InChI is InChI=1S/2C21H18O3.Zn/c2*22-20-18(12-16-9-5-2-6-10-16)13-17(14-19(20)21(23)24)11-15-7-3-1-4-8-15;/h2*1-10,13-14,22H,11-12H2,(H,23,24);. The number of hydrogen-bond donors (Lipinski definition) is 4. The fourth-order valence-electron chi connectivity index (χ4n) is 5.62. The van der Waals surface area contributed by atoms with Gasteiger partial charge >= 0.3 is 11.9 Å². The van der Waals surface area contributed by atoms with Crippen molar-refractivity contribution in [3.8, 4) is 11.5 Å². The van der Waals surface area contributed by atoms with E-state index in [9.17, 15) is 30.0 Å². The van der Waals surface area contributed by atoms with Crippen LogP contribution >= 0.6 is 0 Å². The summed E-state index contributed by atoms with van der Waals surface area (Å²) >= 11 is 0. The van der Waals surface area contributed by atoms with E-state index in [-0.39, 0.29) is 42.1 Å². The minimum absolute atomic E-state index is 0. The van der Waals surface area contributed by atoms with Gasteiger partial charge in [-0.2, -0.15) is 0 Å². The molecule has 0 radical (unpaired) electrons. The summed E-state index contributed by atoms with van der Waals surface area (Å²) in [5.41, 5.74) is 7.19. The summed E-state index contributed by atoms with van der Waals surface area (Å²) in [5, 5.41) is 39.4. The Hall–Kier alpha value is -5.52. The average Bonchev–Trinajstić information content (AvgIpc) is 3.09. The Labute approximate surface area is 298 Å². The van der Waals surface area contributed by atoms with Gasteiger partial charge in [-0.25, -0.2) is 9.59 Å². The number of carboxylic acids is 2. The predicted octanol–water partition coefficient (Wildman–Crippen LogP) is 8.54. The van der Waals surface area contributed by atoms with Gasteiger partial charge in [0, 0.05) is 32.3 Å². The minimum atomic E-state index is -1.11. The zero-order valence-electron chi connectivity index (χ0n) is 27.0. The first kappa shape index (κ1) is 36.3. The summed E-state index contributed by atoms with van der Waals surface area (Å²) in [7, 11) is 0. The number of phenols is 2. The fraction of sp³-hybridized carbons (Fsp3) is 0.0952. The average molecular weight is 702 g/mol. The molecule has 7 heteroatoms. The normalized spacial score (nSPS) is 10.3. The summed E-state index contributed by atoms with van der Waals surface area (Å²) in [6, 6.07) is 46.1. The van der Waals surface area contributed by atoms with Gasteiger partial charge in [0.05, 0.1) is 0 Å². The SMILES string of the molecule is O=C(O)c1cc(Cc2ccccc2)cc(Cc2ccccc2)c1O.O=C(O)c1cc(Cc2ccccc2)cc(Cc2ccccc2)c1O.[Zn]. The summed E-state index contributed by atoms with van der Waals surface area (Å²) in [4.78, 5) is 22.9. The Bertz CT molecular complexity index is 1830. The smallest absolute Gasteiger partial charge is 0.339 e. The monoisotopic (exact) mass is 700 g/mol. The van der Waals surface area contributed by atoms with Crippen LogP contribution in [0.25, 0.3) is 0 Å². The van der Waals surface area contributed by atoms with Crippen LogP contribution in [0.1, 0.15) is 65.2 Å². The van der Waals surface area contributed by atoms with E-state index in [1.54, 1.807) is 12.1 Å². The Kier molecular flexibility index (Phi) is 13.0. The van der Waals surface area contributed by atoms with Crippen LogP contribution in [0.4, 0.5) is 0 Å². The largest absolute Gasteiger partial charge is 0.507 e. The molecule has 6 rings (SSSR count). The molecule has 0 heterocycles. The molecule has 6 nitrogen and oxygen atoms in total. The van der Waals surface area contributed by atoms with Crippen molar-refractivity contribution in [1.82, 2.24) is 0 Å². The molecule has 0 atom stereocenters. The molecule has 49 heavy (non-hydrogen) atoms. The van der Waals surface area contributed by atoms with Crippen molar-refractivity contribution in [2.75, 3.05) is 0 Å². The Morgan fingerprint density at radius 2 is 0.653 bits per heavy atom. The number of hydrogen-bond acceptors (Lipinski definition) is 4. The maximum absolute atomic E-state index is 11.5. The van der Waals surface area contributed by atoms with Gasteiger partial charge in [-0.15, -0.1) is 0 Å². The Balaban J connectivity index is 0.000000216. The van der Waals surface area contributed by atoms with Crippen LogP contribution in [0.3, 0.4) is 0 Å². The van der Waals surface area contributed by atoms with Crippen LogP contribution < -0.4 is 0 Å². The summed E-state index contributed by atoms with van der Waals surface area (Å²) in [5.74, 6) is -2.53. The van der Waals surface area contributed by atoms with Crippen molar-refractivity contribution in [2.24, 2.45) is 0 Å². The van der Waals surface area contributed by atoms with Crippen LogP contribution in [-0.2, 0) is 45.2 Å². The number of carboxylic acid groups (broad SMARTS) is 2. The summed E-state index contributed by atoms with van der Waals surface area (Å²) in [6.07, 6.45) is 2.25. The molecule has 4 N–H and O–H groups in total. The van der Waals surface area contributed by atoms with E-state index in [4.69, 9.17) is 0 Å². The molecule has 0 fully saturated rings. The first-order chi connectivity index (χ1) is 23.3. The molecule has 0 aliphatic carbocycles. The number of rotatable bonds is 10. The molecule has 0 spiro atoms.